The molecule has 4 heterocycles. The third kappa shape index (κ3) is 4.06. The van der Waals surface area contributed by atoms with Gasteiger partial charge in [0.2, 0.25) is 0 Å². The topological polar surface area (TPSA) is 95.3 Å². The molecule has 1 saturated heterocycles. The first kappa shape index (κ1) is 21.5. The highest BCUT2D eigenvalue weighted by molar-refractivity contribution is 6.05. The summed E-state index contributed by atoms with van der Waals surface area (Å²) in [6.07, 6.45) is 7.45. The zero-order valence-corrected chi connectivity index (χ0v) is 19.3. The van der Waals surface area contributed by atoms with E-state index in [2.05, 4.69) is 37.6 Å². The van der Waals surface area contributed by atoms with Gasteiger partial charge in [-0.1, -0.05) is 0 Å². The number of aryl methyl sites for hydroxylation is 1. The molecule has 2 aliphatic heterocycles. The van der Waals surface area contributed by atoms with Crippen molar-refractivity contribution in [3.63, 3.8) is 0 Å². The molecule has 1 fully saturated rings. The van der Waals surface area contributed by atoms with E-state index in [1.54, 1.807) is 18.7 Å². The third-order valence-electron chi connectivity index (χ3n) is 6.85. The molecule has 1 aromatic carbocycles. The number of hydrogen-bond acceptors (Lipinski definition) is 6. The van der Waals surface area contributed by atoms with Crippen LogP contribution in [0.5, 0.6) is 0 Å². The number of carbonyl (C=O) groups is 1. The predicted molar refractivity (Wildman–Crippen MR) is 129 cm³/mol. The highest BCUT2D eigenvalue weighted by Crippen LogP contribution is 2.34. The average molecular weight is 447 g/mol. The lowest BCUT2D eigenvalue weighted by Crippen LogP contribution is -2.44. The summed E-state index contributed by atoms with van der Waals surface area (Å²) < 4.78 is 1.93. The molecule has 8 nitrogen and oxygen atoms in total. The van der Waals surface area contributed by atoms with Crippen LogP contribution in [0.25, 0.3) is 11.3 Å². The van der Waals surface area contributed by atoms with Crippen LogP contribution < -0.4 is 15.5 Å². The smallest absolute Gasteiger partial charge is 0.255 e. The fourth-order valence-corrected chi connectivity index (χ4v) is 4.85. The molecule has 1 atom stereocenters. The molecule has 0 unspecified atom stereocenters. The number of carbonyl (C=O) groups excluding carboxylic acids is 1. The van der Waals surface area contributed by atoms with E-state index in [-0.39, 0.29) is 11.8 Å². The Morgan fingerprint density at radius 2 is 2.00 bits per heavy atom. The predicted octanol–water partition coefficient (Wildman–Crippen LogP) is 3.46. The molecule has 8 heteroatoms. The number of hydrogen-bond donors (Lipinski definition) is 3. The summed E-state index contributed by atoms with van der Waals surface area (Å²) in [5.41, 5.74) is 4.70. The highest BCUT2D eigenvalue weighted by atomic mass is 16.3. The summed E-state index contributed by atoms with van der Waals surface area (Å²) in [5.74, 6) is 0.692. The Bertz CT molecular complexity index is 1180. The maximum atomic E-state index is 12.6. The second-order valence-electron chi connectivity index (χ2n) is 9.56. The van der Waals surface area contributed by atoms with Gasteiger partial charge in [0.15, 0.2) is 0 Å². The first-order valence-corrected chi connectivity index (χ1v) is 11.4. The summed E-state index contributed by atoms with van der Waals surface area (Å²) in [4.78, 5) is 23.7. The van der Waals surface area contributed by atoms with Crippen molar-refractivity contribution in [2.75, 3.05) is 23.3 Å². The molecular weight excluding hydrogens is 416 g/mol. The summed E-state index contributed by atoms with van der Waals surface area (Å²) >= 11 is 0. The molecular formula is C25H30N6O2. The average Bonchev–Trinajstić information content (AvgIpc) is 3.40. The summed E-state index contributed by atoms with van der Waals surface area (Å²) in [7, 11) is 1.93. The maximum absolute atomic E-state index is 12.6. The largest absolute Gasteiger partial charge is 0.390 e. The molecule has 0 saturated carbocycles. The Balaban J connectivity index is 1.38. The highest BCUT2D eigenvalue weighted by Gasteiger charge is 2.31. The molecule has 2 aromatic heterocycles. The molecule has 0 spiro atoms. The monoisotopic (exact) mass is 446 g/mol. The normalized spacial score (nSPS) is 18.2. The van der Waals surface area contributed by atoms with Crippen LogP contribution in [0, 0.1) is 5.92 Å². The van der Waals surface area contributed by atoms with Gasteiger partial charge in [-0.2, -0.15) is 0 Å². The number of aliphatic hydroxyl groups is 1. The molecule has 3 N–H and O–H groups in total. The number of aromatic nitrogens is 3. The zero-order chi connectivity index (χ0) is 23.2. The number of benzene rings is 1. The van der Waals surface area contributed by atoms with E-state index in [1.807, 2.05) is 37.6 Å². The third-order valence-corrected chi connectivity index (χ3v) is 6.85. The van der Waals surface area contributed by atoms with Gasteiger partial charge < -0.3 is 25.2 Å². The Hall–Kier alpha value is -3.39. The quantitative estimate of drug-likeness (QED) is 0.556. The standard InChI is InChI=1S/C25H30N6O2/c1-25(2,33)16-5-4-10-31(14-16)18-8-6-17(7-9-18)29-23-22-20(12-28-24(22)32)19(11-27-23)21-13-26-15-30(21)3/h6-9,11,13,15-16,33H,4-5,10,12,14H2,1-3H3,(H,27,29)(H,28,32)/t16-/m0/s1. The first-order chi connectivity index (χ1) is 15.8. The lowest BCUT2D eigenvalue weighted by molar-refractivity contribution is 0.0110. The van der Waals surface area contributed by atoms with Gasteiger partial charge in [-0.05, 0) is 56.5 Å². The summed E-state index contributed by atoms with van der Waals surface area (Å²) in [5, 5.41) is 16.7. The van der Waals surface area contributed by atoms with E-state index in [0.29, 0.717) is 17.9 Å². The molecule has 0 radical (unpaired) electrons. The van der Waals surface area contributed by atoms with Crippen molar-refractivity contribution in [1.82, 2.24) is 19.9 Å². The van der Waals surface area contributed by atoms with Crippen molar-refractivity contribution < 1.29 is 9.90 Å². The van der Waals surface area contributed by atoms with Gasteiger partial charge in [0.05, 0.1) is 29.4 Å². The van der Waals surface area contributed by atoms with Crippen LogP contribution in [0.15, 0.2) is 43.0 Å². The van der Waals surface area contributed by atoms with Gasteiger partial charge in [-0.15, -0.1) is 0 Å². The van der Waals surface area contributed by atoms with Crippen LogP contribution in [0.2, 0.25) is 0 Å². The van der Waals surface area contributed by atoms with Crippen molar-refractivity contribution in [2.45, 2.75) is 38.8 Å². The maximum Gasteiger partial charge on any atom is 0.255 e. The van der Waals surface area contributed by atoms with Crippen LogP contribution in [0.1, 0.15) is 42.6 Å². The van der Waals surface area contributed by atoms with E-state index in [0.717, 1.165) is 54.1 Å². The number of amides is 1. The molecule has 172 valence electrons. The number of rotatable bonds is 5. The van der Waals surface area contributed by atoms with Crippen LogP contribution in [0.4, 0.5) is 17.2 Å². The molecule has 33 heavy (non-hydrogen) atoms. The fraction of sp³-hybridized carbons (Fsp3) is 0.400. The van der Waals surface area contributed by atoms with E-state index in [4.69, 9.17) is 0 Å². The number of piperidine rings is 1. The second kappa shape index (κ2) is 8.19. The Kier molecular flexibility index (Phi) is 5.32. The van der Waals surface area contributed by atoms with Crippen molar-refractivity contribution in [1.29, 1.82) is 0 Å². The van der Waals surface area contributed by atoms with Gasteiger partial charge >= 0.3 is 0 Å². The summed E-state index contributed by atoms with van der Waals surface area (Å²) in [6.45, 7) is 6.11. The van der Waals surface area contributed by atoms with Crippen LogP contribution >= 0.6 is 0 Å². The zero-order valence-electron chi connectivity index (χ0n) is 19.3. The molecule has 0 bridgehead atoms. The number of anilines is 3. The minimum absolute atomic E-state index is 0.119. The Morgan fingerprint density at radius 1 is 1.21 bits per heavy atom. The molecule has 3 aromatic rings. The van der Waals surface area contributed by atoms with Crippen molar-refractivity contribution in [3.05, 3.63) is 54.1 Å². The molecule has 5 rings (SSSR count). The number of fused-ring (bicyclic) bond motifs is 1. The van der Waals surface area contributed by atoms with Gasteiger partial charge in [0, 0.05) is 55.7 Å². The SMILES string of the molecule is Cn1cncc1-c1cnc(Nc2ccc(N3CCC[C@H](C(C)(C)O)C3)cc2)c2c1CNC2=O. The van der Waals surface area contributed by atoms with Gasteiger partial charge in [-0.25, -0.2) is 9.97 Å². The minimum Gasteiger partial charge on any atom is -0.390 e. The Labute approximate surface area is 193 Å². The molecule has 2 aliphatic rings. The number of nitrogens with one attached hydrogen (secondary N) is 2. The minimum atomic E-state index is -0.672. The van der Waals surface area contributed by atoms with Crippen LogP contribution in [-0.2, 0) is 13.6 Å². The van der Waals surface area contributed by atoms with Crippen molar-refractivity contribution in [3.8, 4) is 11.3 Å². The van der Waals surface area contributed by atoms with E-state index < -0.39 is 5.60 Å². The van der Waals surface area contributed by atoms with Crippen LogP contribution in [-0.4, -0.2) is 44.2 Å². The van der Waals surface area contributed by atoms with E-state index >= 15 is 0 Å². The number of nitrogens with zero attached hydrogens (tertiary/aromatic N) is 4. The first-order valence-electron chi connectivity index (χ1n) is 11.4. The lowest BCUT2D eigenvalue weighted by Gasteiger charge is -2.39. The van der Waals surface area contributed by atoms with Crippen LogP contribution in [0.3, 0.4) is 0 Å². The second-order valence-corrected chi connectivity index (χ2v) is 9.56. The fourth-order valence-electron chi connectivity index (χ4n) is 4.85. The summed E-state index contributed by atoms with van der Waals surface area (Å²) in [6, 6.07) is 8.19. The number of imidazole rings is 1. The number of pyridine rings is 1. The van der Waals surface area contributed by atoms with Crippen molar-refractivity contribution >= 4 is 23.1 Å². The molecule has 1 amide bonds. The van der Waals surface area contributed by atoms with Crippen molar-refractivity contribution in [2.24, 2.45) is 13.0 Å². The van der Waals surface area contributed by atoms with Gasteiger partial charge in [0.25, 0.3) is 5.91 Å². The van der Waals surface area contributed by atoms with Gasteiger partial charge in [0.1, 0.15) is 5.82 Å². The lowest BCUT2D eigenvalue weighted by atomic mass is 9.84. The Morgan fingerprint density at radius 3 is 2.70 bits per heavy atom. The van der Waals surface area contributed by atoms with E-state index in [1.165, 1.54) is 0 Å². The molecule has 0 aliphatic carbocycles. The van der Waals surface area contributed by atoms with Gasteiger partial charge in [-0.3, -0.25) is 4.79 Å². The van der Waals surface area contributed by atoms with E-state index in [9.17, 15) is 9.90 Å².